The van der Waals surface area contributed by atoms with Crippen LogP contribution in [-0.4, -0.2) is 68.2 Å². The largest absolute Gasteiger partial charge is 0.378 e. The van der Waals surface area contributed by atoms with Gasteiger partial charge in [-0.2, -0.15) is 0 Å². The maximum atomic E-state index is 13.1. The van der Waals surface area contributed by atoms with Gasteiger partial charge in [0.15, 0.2) is 0 Å². The highest BCUT2D eigenvalue weighted by molar-refractivity contribution is 5.97. The number of rotatable bonds is 8. The quantitative estimate of drug-likeness (QED) is 0.616. The molecule has 1 fully saturated rings. The highest BCUT2D eigenvalue weighted by atomic mass is 16.2. The molecule has 0 unspecified atom stereocenters. The fraction of sp³-hybridized carbons (Fsp3) is 0.444. The Morgan fingerprint density at radius 3 is 2.21 bits per heavy atom. The maximum Gasteiger partial charge on any atom is 0.254 e. The number of ketones is 1. The number of Topliss-reactive ketones (excluding diaryl/α,β-unsaturated/α-hetero) is 1. The van der Waals surface area contributed by atoms with Crippen molar-refractivity contribution in [3.8, 4) is 0 Å². The third-order valence-electron chi connectivity index (χ3n) is 6.64. The van der Waals surface area contributed by atoms with Crippen LogP contribution in [0.3, 0.4) is 0 Å². The molecule has 0 spiro atoms. The molecule has 1 heterocycles. The van der Waals surface area contributed by atoms with E-state index in [1.54, 1.807) is 18.0 Å². The molecule has 3 rings (SSSR count). The van der Waals surface area contributed by atoms with Crippen LogP contribution in [0.5, 0.6) is 0 Å². The fourth-order valence-corrected chi connectivity index (χ4v) is 4.60. The van der Waals surface area contributed by atoms with E-state index in [4.69, 9.17) is 0 Å². The molecular weight excluding hydrogens is 414 g/mol. The molecule has 1 aliphatic rings. The summed E-state index contributed by atoms with van der Waals surface area (Å²) >= 11 is 0. The van der Waals surface area contributed by atoms with E-state index in [2.05, 4.69) is 0 Å². The minimum absolute atomic E-state index is 0.0201. The van der Waals surface area contributed by atoms with Crippen molar-refractivity contribution in [2.24, 2.45) is 0 Å². The summed E-state index contributed by atoms with van der Waals surface area (Å²) in [6.07, 6.45) is 2.60. The monoisotopic (exact) mass is 449 g/mol. The van der Waals surface area contributed by atoms with Gasteiger partial charge in [-0.3, -0.25) is 14.4 Å². The Labute approximate surface area is 197 Å². The van der Waals surface area contributed by atoms with Crippen molar-refractivity contribution in [3.05, 3.63) is 65.7 Å². The minimum Gasteiger partial charge on any atom is -0.378 e. The van der Waals surface area contributed by atoms with Crippen molar-refractivity contribution in [2.75, 3.05) is 45.7 Å². The zero-order valence-electron chi connectivity index (χ0n) is 20.2. The summed E-state index contributed by atoms with van der Waals surface area (Å²) in [5.74, 6) is -0.00333. The van der Waals surface area contributed by atoms with E-state index in [-0.39, 0.29) is 24.1 Å². The van der Waals surface area contributed by atoms with Crippen LogP contribution in [-0.2, 0) is 15.0 Å². The van der Waals surface area contributed by atoms with E-state index in [1.165, 1.54) is 4.90 Å². The molecule has 2 aromatic carbocycles. The molecular formula is C27H35N3O3. The molecule has 0 radical (unpaired) electrons. The second-order valence-corrected chi connectivity index (χ2v) is 9.11. The number of carbonyl (C=O) groups is 3. The molecule has 6 nitrogen and oxygen atoms in total. The van der Waals surface area contributed by atoms with E-state index in [1.807, 2.05) is 74.4 Å². The molecule has 1 saturated heterocycles. The predicted molar refractivity (Wildman–Crippen MR) is 132 cm³/mol. The second kappa shape index (κ2) is 10.6. The highest BCUT2D eigenvalue weighted by Gasteiger charge is 2.42. The van der Waals surface area contributed by atoms with Crippen LogP contribution in [0, 0.1) is 0 Å². The van der Waals surface area contributed by atoms with Crippen LogP contribution in [0.2, 0.25) is 0 Å². The number of nitrogens with zero attached hydrogens (tertiary/aromatic N) is 3. The molecule has 0 aromatic heterocycles. The summed E-state index contributed by atoms with van der Waals surface area (Å²) in [7, 11) is 5.51. The Bertz CT molecular complexity index is 979. The van der Waals surface area contributed by atoms with E-state index in [9.17, 15) is 14.4 Å². The van der Waals surface area contributed by atoms with Gasteiger partial charge in [0.2, 0.25) is 5.91 Å². The van der Waals surface area contributed by atoms with Gasteiger partial charge in [-0.25, -0.2) is 0 Å². The number of hydrogen-bond acceptors (Lipinski definition) is 4. The molecule has 0 atom stereocenters. The Kier molecular flexibility index (Phi) is 7.90. The van der Waals surface area contributed by atoms with Crippen molar-refractivity contribution in [1.82, 2.24) is 9.80 Å². The van der Waals surface area contributed by atoms with Gasteiger partial charge in [-0.15, -0.1) is 0 Å². The first-order chi connectivity index (χ1) is 15.8. The van der Waals surface area contributed by atoms with Crippen molar-refractivity contribution in [3.63, 3.8) is 0 Å². The zero-order chi connectivity index (χ0) is 24.0. The fourth-order valence-electron chi connectivity index (χ4n) is 4.60. The normalized spacial score (nSPS) is 15.1. The number of likely N-dealkylation sites (N-methyl/N-ethyl adjacent to an activating group) is 1. The lowest BCUT2D eigenvalue weighted by atomic mass is 9.68. The van der Waals surface area contributed by atoms with Crippen molar-refractivity contribution < 1.29 is 14.4 Å². The lowest BCUT2D eigenvalue weighted by Crippen LogP contribution is -2.51. The Hall–Kier alpha value is -3.15. The summed E-state index contributed by atoms with van der Waals surface area (Å²) < 4.78 is 0. The van der Waals surface area contributed by atoms with E-state index >= 15 is 0 Å². The van der Waals surface area contributed by atoms with Gasteiger partial charge in [-0.05, 0) is 43.0 Å². The third-order valence-corrected chi connectivity index (χ3v) is 6.64. The topological polar surface area (TPSA) is 60.9 Å². The van der Waals surface area contributed by atoms with Crippen LogP contribution in [0.1, 0.15) is 48.5 Å². The van der Waals surface area contributed by atoms with Crippen LogP contribution >= 0.6 is 0 Å². The van der Waals surface area contributed by atoms with E-state index < -0.39 is 5.41 Å². The first kappa shape index (κ1) is 24.5. The first-order valence-corrected chi connectivity index (χ1v) is 11.7. The standard InChI is InChI=1S/C27H35N3O3/c1-5-10-24(31)27(22-12-7-6-8-13-22)15-17-30(18-16-27)25(32)20-29(4)26(33)21-11-9-14-23(19-21)28(2)3/h6-9,11-14,19H,5,10,15-18,20H2,1-4H3. The Morgan fingerprint density at radius 1 is 0.939 bits per heavy atom. The molecule has 0 N–H and O–H groups in total. The molecule has 2 aromatic rings. The summed E-state index contributed by atoms with van der Waals surface area (Å²) in [5.41, 5.74) is 2.01. The van der Waals surface area contributed by atoms with Gasteiger partial charge < -0.3 is 14.7 Å². The molecule has 6 heteroatoms. The number of carbonyl (C=O) groups excluding carboxylic acids is 3. The molecule has 0 bridgehead atoms. The van der Waals surface area contributed by atoms with Gasteiger partial charge in [0.05, 0.1) is 12.0 Å². The average Bonchev–Trinajstić information content (AvgIpc) is 2.84. The number of likely N-dealkylation sites (tertiary alicyclic amines) is 1. The molecule has 1 aliphatic heterocycles. The summed E-state index contributed by atoms with van der Waals surface area (Å²) in [6, 6.07) is 17.3. The van der Waals surface area contributed by atoms with Gasteiger partial charge >= 0.3 is 0 Å². The maximum absolute atomic E-state index is 13.1. The number of piperidine rings is 1. The van der Waals surface area contributed by atoms with Crippen LogP contribution < -0.4 is 4.90 Å². The van der Waals surface area contributed by atoms with Crippen molar-refractivity contribution in [2.45, 2.75) is 38.0 Å². The smallest absolute Gasteiger partial charge is 0.254 e. The van der Waals surface area contributed by atoms with E-state index in [0.717, 1.165) is 17.7 Å². The minimum atomic E-state index is -0.525. The summed E-state index contributed by atoms with van der Waals surface area (Å²) in [6.45, 7) is 3.07. The number of anilines is 1. The van der Waals surface area contributed by atoms with Crippen LogP contribution in [0.4, 0.5) is 5.69 Å². The zero-order valence-corrected chi connectivity index (χ0v) is 20.2. The number of hydrogen-bond donors (Lipinski definition) is 0. The molecule has 33 heavy (non-hydrogen) atoms. The summed E-state index contributed by atoms with van der Waals surface area (Å²) in [5, 5.41) is 0. The van der Waals surface area contributed by atoms with Crippen LogP contribution in [0.25, 0.3) is 0 Å². The number of benzene rings is 2. The average molecular weight is 450 g/mol. The third kappa shape index (κ3) is 5.44. The summed E-state index contributed by atoms with van der Waals surface area (Å²) in [4.78, 5) is 44.2. The van der Waals surface area contributed by atoms with Crippen molar-refractivity contribution in [1.29, 1.82) is 0 Å². The molecule has 2 amide bonds. The van der Waals surface area contributed by atoms with Gasteiger partial charge in [-0.1, -0.05) is 43.3 Å². The predicted octanol–water partition coefficient (Wildman–Crippen LogP) is 3.75. The Balaban J connectivity index is 1.66. The van der Waals surface area contributed by atoms with Gasteiger partial charge in [0.25, 0.3) is 5.91 Å². The van der Waals surface area contributed by atoms with Crippen molar-refractivity contribution >= 4 is 23.3 Å². The molecule has 176 valence electrons. The molecule has 0 saturated carbocycles. The van der Waals surface area contributed by atoms with Gasteiger partial charge in [0, 0.05) is 51.9 Å². The second-order valence-electron chi connectivity index (χ2n) is 9.11. The first-order valence-electron chi connectivity index (χ1n) is 11.7. The van der Waals surface area contributed by atoms with Crippen LogP contribution in [0.15, 0.2) is 54.6 Å². The highest BCUT2D eigenvalue weighted by Crippen LogP contribution is 2.37. The van der Waals surface area contributed by atoms with Gasteiger partial charge in [0.1, 0.15) is 5.78 Å². The lowest BCUT2D eigenvalue weighted by Gasteiger charge is -2.41. The molecule has 0 aliphatic carbocycles. The SMILES string of the molecule is CCCC(=O)C1(c2ccccc2)CCN(C(=O)CN(C)C(=O)c2cccc(N(C)C)c2)CC1. The number of amides is 2. The van der Waals surface area contributed by atoms with E-state index in [0.29, 0.717) is 37.9 Å². The lowest BCUT2D eigenvalue weighted by molar-refractivity contribution is -0.136. The Morgan fingerprint density at radius 2 is 1.61 bits per heavy atom.